The van der Waals surface area contributed by atoms with Crippen LogP contribution in [0.5, 0.6) is 0 Å². The molecule has 0 aliphatic rings. The molecule has 139 valence electrons. The van der Waals surface area contributed by atoms with Crippen LogP contribution >= 0.6 is 0 Å². The largest absolute Gasteiger partial charge is 0.453 e. The second-order valence-corrected chi connectivity index (χ2v) is 6.13. The predicted octanol–water partition coefficient (Wildman–Crippen LogP) is 3.42. The number of ether oxygens (including phenoxy) is 1. The van der Waals surface area contributed by atoms with Gasteiger partial charge in [0.1, 0.15) is 6.04 Å². The number of amides is 1. The molecular weight excluding hydrogens is 327 g/mol. The van der Waals surface area contributed by atoms with Crippen molar-refractivity contribution in [2.75, 3.05) is 7.11 Å². The lowest BCUT2D eigenvalue weighted by molar-refractivity contribution is -0.178. The molecule has 0 aliphatic carbocycles. The van der Waals surface area contributed by atoms with E-state index in [4.69, 9.17) is 0 Å². The molecule has 8 heteroatoms. The summed E-state index contributed by atoms with van der Waals surface area (Å²) in [7, 11) is 0.996. The van der Waals surface area contributed by atoms with Gasteiger partial charge >= 0.3 is 12.3 Å². The lowest BCUT2D eigenvalue weighted by Crippen LogP contribution is -2.59. The second-order valence-electron chi connectivity index (χ2n) is 6.13. The van der Waals surface area contributed by atoms with Crippen molar-refractivity contribution in [2.45, 2.75) is 59.3 Å². The molecule has 1 amide bonds. The molecule has 0 rings (SSSR count). The van der Waals surface area contributed by atoms with Gasteiger partial charge in [-0.25, -0.2) is 4.79 Å². The summed E-state index contributed by atoms with van der Waals surface area (Å²) in [5, 5.41) is 0. The zero-order chi connectivity index (χ0) is 19.2. The van der Waals surface area contributed by atoms with Crippen LogP contribution in [0.4, 0.5) is 18.0 Å². The summed E-state index contributed by atoms with van der Waals surface area (Å²) < 4.78 is 43.5. The molecule has 0 N–H and O–H groups in total. The number of alkyl halides is 3. The molecule has 0 saturated carbocycles. The summed E-state index contributed by atoms with van der Waals surface area (Å²) in [6.07, 6.45) is -4.62. The van der Waals surface area contributed by atoms with Crippen molar-refractivity contribution in [2.24, 2.45) is 11.8 Å². The Kier molecular flexibility index (Phi) is 8.43. The fourth-order valence-electron chi connectivity index (χ4n) is 2.53. The molecule has 0 spiro atoms. The molecule has 0 heterocycles. The van der Waals surface area contributed by atoms with Gasteiger partial charge in [0.05, 0.1) is 13.2 Å². The van der Waals surface area contributed by atoms with Crippen molar-refractivity contribution in [1.29, 1.82) is 0 Å². The Morgan fingerprint density at radius 1 is 1.04 bits per heavy atom. The summed E-state index contributed by atoms with van der Waals surface area (Å²) in [5.74, 6) is -3.94. The molecule has 0 unspecified atom stereocenters. The molecule has 0 aromatic heterocycles. The number of carbonyl (C=O) groups is 3. The maximum Gasteiger partial charge on any atom is 0.452 e. The Balaban J connectivity index is 6.14. The van der Waals surface area contributed by atoms with E-state index in [9.17, 15) is 27.6 Å². The standard InChI is InChI=1S/C16H25F3NO4/c1-7-8-11(21)12(9(2)3)20(15(23)24-6)13(10(4)5)14(22)16(17,18)19/h8-10,12-13H,7H2,1-6H3/t12-,13-/m0/s1. The summed E-state index contributed by atoms with van der Waals surface area (Å²) in [6.45, 7) is 7.65. The minimum absolute atomic E-state index is 0.358. The van der Waals surface area contributed by atoms with Gasteiger partial charge in [-0.05, 0) is 18.3 Å². The fraction of sp³-hybridized carbons (Fsp3) is 0.750. The van der Waals surface area contributed by atoms with E-state index in [0.29, 0.717) is 11.3 Å². The van der Waals surface area contributed by atoms with Crippen molar-refractivity contribution in [1.82, 2.24) is 4.90 Å². The molecule has 24 heavy (non-hydrogen) atoms. The lowest BCUT2D eigenvalue weighted by Gasteiger charge is -2.39. The van der Waals surface area contributed by atoms with E-state index in [-0.39, 0.29) is 0 Å². The van der Waals surface area contributed by atoms with Gasteiger partial charge in [-0.1, -0.05) is 34.6 Å². The third kappa shape index (κ3) is 5.49. The van der Waals surface area contributed by atoms with Crippen molar-refractivity contribution >= 4 is 17.7 Å². The number of carbonyl (C=O) groups excluding carboxylic acids is 3. The van der Waals surface area contributed by atoms with Crippen molar-refractivity contribution in [3.8, 4) is 0 Å². The first kappa shape index (κ1) is 22.4. The first-order valence-corrected chi connectivity index (χ1v) is 7.74. The maximum atomic E-state index is 13.0. The van der Waals surface area contributed by atoms with Crippen LogP contribution in [0.2, 0.25) is 0 Å². The molecule has 0 aromatic carbocycles. The van der Waals surface area contributed by atoms with E-state index in [1.165, 1.54) is 20.3 Å². The Hall–Kier alpha value is -1.60. The topological polar surface area (TPSA) is 63.7 Å². The smallest absolute Gasteiger partial charge is 0.452 e. The van der Waals surface area contributed by atoms with Gasteiger partial charge in [0, 0.05) is 6.42 Å². The van der Waals surface area contributed by atoms with Crippen molar-refractivity contribution in [3.05, 3.63) is 6.42 Å². The third-order valence-corrected chi connectivity index (χ3v) is 3.49. The van der Waals surface area contributed by atoms with Crippen LogP contribution in [0.3, 0.4) is 0 Å². The molecule has 0 bridgehead atoms. The van der Waals surface area contributed by atoms with Crippen LogP contribution in [-0.4, -0.2) is 47.9 Å². The molecule has 0 saturated heterocycles. The SMILES string of the molecule is CC[CH]C(=O)[C@H](C(C)C)N(C(=O)OC)[C@H](C(=O)C(F)(F)F)C(C)C. The van der Waals surface area contributed by atoms with Crippen LogP contribution in [-0.2, 0) is 14.3 Å². The zero-order valence-corrected chi connectivity index (χ0v) is 14.8. The van der Waals surface area contributed by atoms with Crippen LogP contribution in [0, 0.1) is 18.3 Å². The first-order valence-electron chi connectivity index (χ1n) is 7.74. The molecular formula is C16H25F3NO4. The average molecular weight is 352 g/mol. The van der Waals surface area contributed by atoms with E-state index in [1.807, 2.05) is 0 Å². The van der Waals surface area contributed by atoms with Crippen LogP contribution in [0.1, 0.15) is 41.0 Å². The van der Waals surface area contributed by atoms with Crippen LogP contribution in [0.25, 0.3) is 0 Å². The summed E-state index contributed by atoms with van der Waals surface area (Å²) in [6, 6.07) is -3.05. The number of ketones is 2. The monoisotopic (exact) mass is 352 g/mol. The second kappa shape index (κ2) is 9.03. The van der Waals surface area contributed by atoms with Gasteiger partial charge in [0.15, 0.2) is 5.78 Å². The number of hydrogen-bond acceptors (Lipinski definition) is 4. The van der Waals surface area contributed by atoms with Crippen LogP contribution < -0.4 is 0 Å². The Morgan fingerprint density at radius 3 is 1.79 bits per heavy atom. The Morgan fingerprint density at radius 2 is 1.50 bits per heavy atom. The highest BCUT2D eigenvalue weighted by molar-refractivity contribution is 5.97. The van der Waals surface area contributed by atoms with Gasteiger partial charge < -0.3 is 4.74 Å². The molecule has 5 nitrogen and oxygen atoms in total. The summed E-state index contributed by atoms with van der Waals surface area (Å²) in [4.78, 5) is 37.0. The Labute approximate surface area is 140 Å². The highest BCUT2D eigenvalue weighted by atomic mass is 19.4. The third-order valence-electron chi connectivity index (χ3n) is 3.49. The van der Waals surface area contributed by atoms with Crippen molar-refractivity contribution in [3.63, 3.8) is 0 Å². The number of rotatable bonds is 8. The first-order chi connectivity index (χ1) is 10.9. The highest BCUT2D eigenvalue weighted by Crippen LogP contribution is 2.29. The summed E-state index contributed by atoms with van der Waals surface area (Å²) in [5.41, 5.74) is 0. The molecule has 1 radical (unpaired) electrons. The highest BCUT2D eigenvalue weighted by Gasteiger charge is 2.51. The van der Waals surface area contributed by atoms with Gasteiger partial charge in [0.25, 0.3) is 5.78 Å². The van der Waals surface area contributed by atoms with Crippen LogP contribution in [0.15, 0.2) is 0 Å². The molecule has 0 aromatic rings. The fourth-order valence-corrected chi connectivity index (χ4v) is 2.53. The predicted molar refractivity (Wildman–Crippen MR) is 82.2 cm³/mol. The summed E-state index contributed by atoms with van der Waals surface area (Å²) >= 11 is 0. The van der Waals surface area contributed by atoms with Crippen molar-refractivity contribution < 1.29 is 32.3 Å². The van der Waals surface area contributed by atoms with E-state index in [2.05, 4.69) is 4.74 Å². The number of Topliss-reactive ketones (excluding diaryl/α,β-unsaturated/α-hetero) is 2. The van der Waals surface area contributed by atoms with E-state index < -0.39 is 47.8 Å². The van der Waals surface area contributed by atoms with E-state index in [1.54, 1.807) is 20.8 Å². The number of halogens is 3. The quantitative estimate of drug-likeness (QED) is 0.671. The van der Waals surface area contributed by atoms with Gasteiger partial charge in [0.2, 0.25) is 0 Å². The minimum Gasteiger partial charge on any atom is -0.453 e. The van der Waals surface area contributed by atoms with E-state index in [0.717, 1.165) is 7.11 Å². The zero-order valence-electron chi connectivity index (χ0n) is 14.8. The number of nitrogens with zero attached hydrogens (tertiary/aromatic N) is 1. The maximum absolute atomic E-state index is 13.0. The number of methoxy groups -OCH3 is 1. The molecule has 0 fully saturated rings. The van der Waals surface area contributed by atoms with Gasteiger partial charge in [-0.2, -0.15) is 13.2 Å². The normalized spacial score (nSPS) is 14.5. The molecule has 0 aliphatic heterocycles. The van der Waals surface area contributed by atoms with Gasteiger partial charge in [-0.3, -0.25) is 14.5 Å². The molecule has 2 atom stereocenters. The number of hydrogen-bond donors (Lipinski definition) is 0. The van der Waals surface area contributed by atoms with E-state index >= 15 is 0 Å². The lowest BCUT2D eigenvalue weighted by atomic mass is 9.90. The Bertz CT molecular complexity index is 461. The minimum atomic E-state index is -5.12. The average Bonchev–Trinajstić information content (AvgIpc) is 2.43. The van der Waals surface area contributed by atoms with Gasteiger partial charge in [-0.15, -0.1) is 0 Å².